The van der Waals surface area contributed by atoms with Crippen molar-refractivity contribution in [1.82, 2.24) is 19.8 Å². The third-order valence-electron chi connectivity index (χ3n) is 6.85. The van der Waals surface area contributed by atoms with Crippen molar-refractivity contribution in [2.24, 2.45) is 5.92 Å². The number of carbonyl (C=O) groups excluding carboxylic acids is 1. The lowest BCUT2D eigenvalue weighted by atomic mass is 9.91. The van der Waals surface area contributed by atoms with Gasteiger partial charge in [-0.1, -0.05) is 32.9 Å². The van der Waals surface area contributed by atoms with Gasteiger partial charge in [-0.25, -0.2) is 13.4 Å². The Hall–Kier alpha value is -2.46. The second-order valence-corrected chi connectivity index (χ2v) is 12.0. The van der Waals surface area contributed by atoms with E-state index >= 15 is 0 Å². The highest BCUT2D eigenvalue weighted by molar-refractivity contribution is 7.89. The van der Waals surface area contributed by atoms with E-state index in [-0.39, 0.29) is 28.9 Å². The van der Waals surface area contributed by atoms with Gasteiger partial charge in [0.25, 0.3) is 5.91 Å². The SMILES string of the molecule is CCC1CC(NC(=O)c2cc(C3CC3)on2)C[C@@H](CC)N1S(=O)(=O)c1ccc(NCC(C)C)nc1. The van der Waals surface area contributed by atoms with Gasteiger partial charge in [-0.3, -0.25) is 4.79 Å². The van der Waals surface area contributed by atoms with Gasteiger partial charge in [-0.05, 0) is 56.6 Å². The van der Waals surface area contributed by atoms with E-state index in [1.165, 1.54) is 6.20 Å². The highest BCUT2D eigenvalue weighted by atomic mass is 32.2. The molecule has 0 spiro atoms. The lowest BCUT2D eigenvalue weighted by Gasteiger charge is -2.44. The molecule has 4 rings (SSSR count). The molecule has 2 aromatic rings. The first-order valence-electron chi connectivity index (χ1n) is 12.7. The number of pyridine rings is 1. The van der Waals surface area contributed by atoms with Gasteiger partial charge < -0.3 is 15.2 Å². The van der Waals surface area contributed by atoms with Crippen molar-refractivity contribution in [3.63, 3.8) is 0 Å². The fourth-order valence-electron chi connectivity index (χ4n) is 4.75. The topological polar surface area (TPSA) is 117 Å². The molecule has 2 unspecified atom stereocenters. The minimum atomic E-state index is -3.73. The van der Waals surface area contributed by atoms with Crippen LogP contribution in [0.3, 0.4) is 0 Å². The Kier molecular flexibility index (Phi) is 7.80. The normalized spacial score (nSPS) is 23.4. The summed E-state index contributed by atoms with van der Waals surface area (Å²) in [6.45, 7) is 8.95. The smallest absolute Gasteiger partial charge is 0.273 e. The molecule has 1 aliphatic carbocycles. The van der Waals surface area contributed by atoms with Gasteiger partial charge >= 0.3 is 0 Å². The van der Waals surface area contributed by atoms with Gasteiger partial charge in [0, 0.05) is 42.9 Å². The molecular weight excluding hydrogens is 466 g/mol. The average molecular weight is 504 g/mol. The molecule has 3 atom stereocenters. The molecule has 2 fully saturated rings. The summed E-state index contributed by atoms with van der Waals surface area (Å²) < 4.78 is 34.3. The summed E-state index contributed by atoms with van der Waals surface area (Å²) in [7, 11) is -3.73. The molecule has 10 heteroatoms. The van der Waals surface area contributed by atoms with E-state index in [4.69, 9.17) is 4.52 Å². The monoisotopic (exact) mass is 503 g/mol. The Morgan fingerprint density at radius 2 is 1.86 bits per heavy atom. The molecule has 2 aromatic heterocycles. The van der Waals surface area contributed by atoms with Crippen LogP contribution >= 0.6 is 0 Å². The van der Waals surface area contributed by atoms with Gasteiger partial charge in [0.15, 0.2) is 5.69 Å². The fourth-order valence-corrected chi connectivity index (χ4v) is 6.67. The number of anilines is 1. The van der Waals surface area contributed by atoms with Gasteiger partial charge in [-0.2, -0.15) is 4.31 Å². The van der Waals surface area contributed by atoms with Crippen LogP contribution in [0.25, 0.3) is 0 Å². The molecule has 1 aliphatic heterocycles. The maximum absolute atomic E-state index is 13.7. The predicted octanol–water partition coefficient (Wildman–Crippen LogP) is 4.16. The molecule has 2 N–H and O–H groups in total. The van der Waals surface area contributed by atoms with E-state index in [0.29, 0.717) is 49.0 Å². The standard InChI is InChI=1S/C25H37N5O4S/c1-5-19-11-18(28-25(31)22-13-23(34-29-22)17-7-8-17)12-20(6-2)30(19)35(32,33)21-9-10-24(27-15-21)26-14-16(3)4/h9-10,13,15-20H,5-8,11-12,14H2,1-4H3,(H,26,27)(H,28,31)/t18?,19-,20?/m1/s1. The summed E-state index contributed by atoms with van der Waals surface area (Å²) in [5, 5.41) is 10.2. The molecule has 0 radical (unpaired) electrons. The first-order chi connectivity index (χ1) is 16.7. The van der Waals surface area contributed by atoms with Crippen molar-refractivity contribution in [3.05, 3.63) is 35.9 Å². The molecule has 1 saturated carbocycles. The highest BCUT2D eigenvalue weighted by Crippen LogP contribution is 2.40. The number of rotatable bonds is 10. The van der Waals surface area contributed by atoms with Crippen LogP contribution in [-0.4, -0.2) is 53.4 Å². The van der Waals surface area contributed by atoms with Gasteiger partial charge in [-0.15, -0.1) is 0 Å². The van der Waals surface area contributed by atoms with E-state index < -0.39 is 10.0 Å². The Morgan fingerprint density at radius 3 is 2.40 bits per heavy atom. The fraction of sp³-hybridized carbons (Fsp3) is 0.640. The van der Waals surface area contributed by atoms with E-state index in [1.54, 1.807) is 22.5 Å². The third-order valence-corrected chi connectivity index (χ3v) is 8.84. The summed E-state index contributed by atoms with van der Waals surface area (Å²) in [5.41, 5.74) is 0.292. The van der Waals surface area contributed by atoms with Crippen LogP contribution in [0, 0.1) is 5.92 Å². The molecule has 192 valence electrons. The molecule has 9 nitrogen and oxygen atoms in total. The Bertz CT molecular complexity index is 1100. The van der Waals surface area contributed by atoms with Crippen LogP contribution in [-0.2, 0) is 10.0 Å². The third kappa shape index (κ3) is 5.86. The maximum atomic E-state index is 13.7. The number of piperidine rings is 1. The molecule has 0 bridgehead atoms. The maximum Gasteiger partial charge on any atom is 0.273 e. The van der Waals surface area contributed by atoms with Gasteiger partial charge in [0.1, 0.15) is 16.5 Å². The van der Waals surface area contributed by atoms with Crippen LogP contribution in [0.4, 0.5) is 5.82 Å². The second-order valence-electron chi connectivity index (χ2n) is 10.1. The molecule has 35 heavy (non-hydrogen) atoms. The summed E-state index contributed by atoms with van der Waals surface area (Å²) in [6.07, 6.45) is 5.99. The van der Waals surface area contributed by atoms with Crippen molar-refractivity contribution in [1.29, 1.82) is 0 Å². The van der Waals surface area contributed by atoms with Crippen LogP contribution < -0.4 is 10.6 Å². The van der Waals surface area contributed by atoms with Crippen LogP contribution in [0.15, 0.2) is 33.8 Å². The van der Waals surface area contributed by atoms with E-state index in [9.17, 15) is 13.2 Å². The summed E-state index contributed by atoms with van der Waals surface area (Å²) in [5.74, 6) is 2.02. The summed E-state index contributed by atoms with van der Waals surface area (Å²) in [6, 6.07) is 4.50. The van der Waals surface area contributed by atoms with E-state index in [0.717, 1.165) is 25.1 Å². The number of sulfonamides is 1. The predicted molar refractivity (Wildman–Crippen MR) is 134 cm³/mol. The Morgan fingerprint density at radius 1 is 1.17 bits per heavy atom. The second kappa shape index (κ2) is 10.7. The molecule has 3 heterocycles. The average Bonchev–Trinajstić information content (AvgIpc) is 3.58. The zero-order chi connectivity index (χ0) is 25.2. The quantitative estimate of drug-likeness (QED) is 0.500. The zero-order valence-corrected chi connectivity index (χ0v) is 21.8. The number of amides is 1. The van der Waals surface area contributed by atoms with Crippen molar-refractivity contribution in [2.75, 3.05) is 11.9 Å². The van der Waals surface area contributed by atoms with Crippen LogP contribution in [0.5, 0.6) is 0 Å². The molecule has 1 amide bonds. The molecule has 0 aromatic carbocycles. The highest BCUT2D eigenvalue weighted by Gasteiger charge is 2.42. The van der Waals surface area contributed by atoms with E-state index in [1.807, 2.05) is 13.8 Å². The molecular formula is C25H37N5O4S. The van der Waals surface area contributed by atoms with Crippen molar-refractivity contribution in [3.8, 4) is 0 Å². The Balaban J connectivity index is 1.46. The lowest BCUT2D eigenvalue weighted by Crippen LogP contribution is -2.56. The minimum Gasteiger partial charge on any atom is -0.370 e. The van der Waals surface area contributed by atoms with Crippen molar-refractivity contribution < 1.29 is 17.7 Å². The first-order valence-corrected chi connectivity index (χ1v) is 14.2. The number of carbonyl (C=O) groups is 1. The van der Waals surface area contributed by atoms with E-state index in [2.05, 4.69) is 34.6 Å². The van der Waals surface area contributed by atoms with Crippen molar-refractivity contribution >= 4 is 21.7 Å². The lowest BCUT2D eigenvalue weighted by molar-refractivity contribution is 0.0866. The van der Waals surface area contributed by atoms with Gasteiger partial charge in [0.05, 0.1) is 0 Å². The summed E-state index contributed by atoms with van der Waals surface area (Å²) in [4.78, 5) is 17.3. The number of nitrogens with zero attached hydrogens (tertiary/aromatic N) is 3. The van der Waals surface area contributed by atoms with Crippen LogP contribution in [0.1, 0.15) is 88.4 Å². The van der Waals surface area contributed by atoms with Crippen LogP contribution in [0.2, 0.25) is 0 Å². The van der Waals surface area contributed by atoms with Gasteiger partial charge in [0.2, 0.25) is 10.0 Å². The van der Waals surface area contributed by atoms with Crippen molar-refractivity contribution in [2.45, 2.75) is 95.2 Å². The molecule has 2 aliphatic rings. The zero-order valence-electron chi connectivity index (χ0n) is 21.0. The summed E-state index contributed by atoms with van der Waals surface area (Å²) >= 11 is 0. The molecule has 1 saturated heterocycles. The largest absolute Gasteiger partial charge is 0.370 e. The number of hydrogen-bond donors (Lipinski definition) is 2. The minimum absolute atomic E-state index is 0.134. The Labute approximate surface area is 208 Å². The first kappa shape index (κ1) is 25.6. The number of hydrogen-bond acceptors (Lipinski definition) is 7. The number of aromatic nitrogens is 2. The number of nitrogens with one attached hydrogen (secondary N) is 2.